The van der Waals surface area contributed by atoms with E-state index in [9.17, 15) is 4.79 Å². The van der Waals surface area contributed by atoms with Crippen molar-refractivity contribution in [2.75, 3.05) is 0 Å². The molecule has 2 nitrogen and oxygen atoms in total. The van der Waals surface area contributed by atoms with E-state index in [1.807, 2.05) is 24.3 Å². The standard InChI is InChI=1S/C22H28O2/c1-16(2)11-18-9-10-19(12-17(3)4)22(13-18)24-15-21-8-6-5-7-20(21)14-23/h5-10,13-14,16-17H,11-12,15H2,1-4H3. The first-order valence-electron chi connectivity index (χ1n) is 8.77. The quantitative estimate of drug-likeness (QED) is 0.601. The van der Waals surface area contributed by atoms with Gasteiger partial charge >= 0.3 is 0 Å². The Morgan fingerprint density at radius 3 is 2.29 bits per heavy atom. The molecule has 2 heteroatoms. The van der Waals surface area contributed by atoms with E-state index in [0.29, 0.717) is 24.0 Å². The van der Waals surface area contributed by atoms with Crippen molar-refractivity contribution in [2.24, 2.45) is 11.8 Å². The molecule has 24 heavy (non-hydrogen) atoms. The van der Waals surface area contributed by atoms with Crippen LogP contribution in [-0.2, 0) is 19.4 Å². The molecule has 0 fully saturated rings. The van der Waals surface area contributed by atoms with E-state index in [1.165, 1.54) is 11.1 Å². The van der Waals surface area contributed by atoms with E-state index in [4.69, 9.17) is 4.74 Å². The lowest BCUT2D eigenvalue weighted by Gasteiger charge is -2.16. The van der Waals surface area contributed by atoms with Crippen molar-refractivity contribution >= 4 is 6.29 Å². The first-order chi connectivity index (χ1) is 11.5. The molecule has 0 saturated heterocycles. The van der Waals surface area contributed by atoms with Crippen LogP contribution in [0.5, 0.6) is 5.75 Å². The third-order valence-electron chi connectivity index (χ3n) is 3.97. The zero-order chi connectivity index (χ0) is 17.5. The minimum atomic E-state index is 0.422. The molecule has 0 aliphatic heterocycles. The van der Waals surface area contributed by atoms with Crippen LogP contribution in [0.15, 0.2) is 42.5 Å². The highest BCUT2D eigenvalue weighted by Crippen LogP contribution is 2.26. The third kappa shape index (κ3) is 5.23. The number of carbonyl (C=O) groups is 1. The number of hydrogen-bond acceptors (Lipinski definition) is 2. The highest BCUT2D eigenvalue weighted by Gasteiger charge is 2.10. The molecule has 2 aromatic rings. The number of aldehydes is 1. The second-order valence-corrected chi connectivity index (χ2v) is 7.24. The maximum atomic E-state index is 11.2. The molecule has 0 spiro atoms. The molecule has 128 valence electrons. The number of carbonyl (C=O) groups excluding carboxylic acids is 1. The number of ether oxygens (including phenoxy) is 1. The van der Waals surface area contributed by atoms with Crippen molar-refractivity contribution in [3.05, 3.63) is 64.7 Å². The Morgan fingerprint density at radius 1 is 0.917 bits per heavy atom. The Labute approximate surface area is 145 Å². The molecule has 0 saturated carbocycles. The lowest BCUT2D eigenvalue weighted by molar-refractivity contribution is 0.112. The van der Waals surface area contributed by atoms with Gasteiger partial charge in [-0.2, -0.15) is 0 Å². The maximum absolute atomic E-state index is 11.2. The Hall–Kier alpha value is -2.09. The lowest BCUT2D eigenvalue weighted by Crippen LogP contribution is -2.05. The van der Waals surface area contributed by atoms with Crippen LogP contribution in [0, 0.1) is 11.8 Å². The largest absolute Gasteiger partial charge is 0.489 e. The molecule has 0 aromatic heterocycles. The van der Waals surface area contributed by atoms with Gasteiger partial charge in [0.25, 0.3) is 0 Å². The SMILES string of the molecule is CC(C)Cc1ccc(CC(C)C)c(OCc2ccccc2C=O)c1. The first kappa shape index (κ1) is 18.3. The van der Waals surface area contributed by atoms with Gasteiger partial charge in [-0.05, 0) is 47.4 Å². The van der Waals surface area contributed by atoms with Crippen LogP contribution >= 0.6 is 0 Å². The van der Waals surface area contributed by atoms with Gasteiger partial charge in [0.1, 0.15) is 18.6 Å². The topological polar surface area (TPSA) is 26.3 Å². The van der Waals surface area contributed by atoms with Gasteiger partial charge in [0.2, 0.25) is 0 Å². The van der Waals surface area contributed by atoms with Gasteiger partial charge in [0.05, 0.1) is 0 Å². The summed E-state index contributed by atoms with van der Waals surface area (Å²) in [5, 5.41) is 0. The maximum Gasteiger partial charge on any atom is 0.150 e. The summed E-state index contributed by atoms with van der Waals surface area (Å²) in [6, 6.07) is 14.2. The van der Waals surface area contributed by atoms with Gasteiger partial charge in [-0.3, -0.25) is 4.79 Å². The molecule has 0 aliphatic carbocycles. The normalized spacial score (nSPS) is 11.1. The number of hydrogen-bond donors (Lipinski definition) is 0. The summed E-state index contributed by atoms with van der Waals surface area (Å²) in [6.45, 7) is 9.30. The van der Waals surface area contributed by atoms with Crippen molar-refractivity contribution in [3.8, 4) is 5.75 Å². The second-order valence-electron chi connectivity index (χ2n) is 7.24. The van der Waals surface area contributed by atoms with Crippen molar-refractivity contribution in [2.45, 2.75) is 47.1 Å². The van der Waals surface area contributed by atoms with Gasteiger partial charge in [-0.1, -0.05) is 64.1 Å². The van der Waals surface area contributed by atoms with Crippen molar-refractivity contribution in [3.63, 3.8) is 0 Å². The van der Waals surface area contributed by atoms with Gasteiger partial charge in [0, 0.05) is 5.56 Å². The molecule has 0 heterocycles. The molecule has 0 atom stereocenters. The number of benzene rings is 2. The lowest BCUT2D eigenvalue weighted by atomic mass is 9.97. The predicted molar refractivity (Wildman–Crippen MR) is 99.7 cm³/mol. The zero-order valence-electron chi connectivity index (χ0n) is 15.2. The smallest absolute Gasteiger partial charge is 0.150 e. The molecular formula is C22H28O2. The minimum absolute atomic E-state index is 0.422. The van der Waals surface area contributed by atoms with E-state index >= 15 is 0 Å². The Bertz CT molecular complexity index is 671. The van der Waals surface area contributed by atoms with Crippen LogP contribution in [0.3, 0.4) is 0 Å². The first-order valence-corrected chi connectivity index (χ1v) is 8.77. The Morgan fingerprint density at radius 2 is 1.62 bits per heavy atom. The number of rotatable bonds is 8. The zero-order valence-corrected chi connectivity index (χ0v) is 15.2. The Kier molecular flexibility index (Phi) is 6.60. The minimum Gasteiger partial charge on any atom is -0.489 e. The Balaban J connectivity index is 2.23. The van der Waals surface area contributed by atoms with Crippen LogP contribution in [0.1, 0.15) is 54.7 Å². The predicted octanol–water partition coefficient (Wildman–Crippen LogP) is 5.48. The monoisotopic (exact) mass is 324 g/mol. The highest BCUT2D eigenvalue weighted by molar-refractivity contribution is 5.77. The fourth-order valence-electron chi connectivity index (χ4n) is 2.88. The van der Waals surface area contributed by atoms with Gasteiger partial charge < -0.3 is 4.74 Å². The van der Waals surface area contributed by atoms with Gasteiger partial charge in [0.15, 0.2) is 0 Å². The molecule has 0 bridgehead atoms. The van der Waals surface area contributed by atoms with Crippen LogP contribution < -0.4 is 4.74 Å². The molecule has 2 aromatic carbocycles. The summed E-state index contributed by atoms with van der Waals surface area (Å²) < 4.78 is 6.13. The van der Waals surface area contributed by atoms with Crippen molar-refractivity contribution in [1.82, 2.24) is 0 Å². The van der Waals surface area contributed by atoms with Crippen LogP contribution in [0.4, 0.5) is 0 Å². The summed E-state index contributed by atoms with van der Waals surface area (Å²) in [4.78, 5) is 11.2. The average molecular weight is 324 g/mol. The summed E-state index contributed by atoms with van der Waals surface area (Å²) in [5.41, 5.74) is 4.16. The molecule has 0 amide bonds. The summed E-state index contributed by atoms with van der Waals surface area (Å²) >= 11 is 0. The summed E-state index contributed by atoms with van der Waals surface area (Å²) in [5.74, 6) is 2.14. The van der Waals surface area contributed by atoms with E-state index in [2.05, 4.69) is 45.9 Å². The van der Waals surface area contributed by atoms with Crippen LogP contribution in [0.2, 0.25) is 0 Å². The molecule has 2 rings (SSSR count). The molecule has 0 radical (unpaired) electrons. The van der Waals surface area contributed by atoms with Crippen LogP contribution in [-0.4, -0.2) is 6.29 Å². The van der Waals surface area contributed by atoms with E-state index < -0.39 is 0 Å². The fraction of sp³-hybridized carbons (Fsp3) is 0.409. The third-order valence-corrected chi connectivity index (χ3v) is 3.97. The summed E-state index contributed by atoms with van der Waals surface area (Å²) in [7, 11) is 0. The van der Waals surface area contributed by atoms with Gasteiger partial charge in [-0.25, -0.2) is 0 Å². The second kappa shape index (κ2) is 8.68. The van der Waals surface area contributed by atoms with E-state index in [-0.39, 0.29) is 0 Å². The molecule has 0 aliphatic rings. The average Bonchev–Trinajstić information content (AvgIpc) is 2.54. The summed E-state index contributed by atoms with van der Waals surface area (Å²) in [6.07, 6.45) is 2.93. The van der Waals surface area contributed by atoms with Crippen LogP contribution in [0.25, 0.3) is 0 Å². The molecular weight excluding hydrogens is 296 g/mol. The van der Waals surface area contributed by atoms with Gasteiger partial charge in [-0.15, -0.1) is 0 Å². The van der Waals surface area contributed by atoms with E-state index in [0.717, 1.165) is 30.4 Å². The highest BCUT2D eigenvalue weighted by atomic mass is 16.5. The van der Waals surface area contributed by atoms with Crippen molar-refractivity contribution < 1.29 is 9.53 Å². The van der Waals surface area contributed by atoms with Crippen molar-refractivity contribution in [1.29, 1.82) is 0 Å². The molecule has 0 unspecified atom stereocenters. The molecule has 0 N–H and O–H groups in total. The fourth-order valence-corrected chi connectivity index (χ4v) is 2.88. The van der Waals surface area contributed by atoms with E-state index in [1.54, 1.807) is 0 Å².